The van der Waals surface area contributed by atoms with Gasteiger partial charge in [0.15, 0.2) is 0 Å². The summed E-state index contributed by atoms with van der Waals surface area (Å²) in [5, 5.41) is 0. The maximum atomic E-state index is 11.8. The van der Waals surface area contributed by atoms with E-state index in [2.05, 4.69) is 0 Å². The topological polar surface area (TPSA) is 43.4 Å². The van der Waals surface area contributed by atoms with Crippen LogP contribution in [0.15, 0.2) is 24.3 Å². The summed E-state index contributed by atoms with van der Waals surface area (Å²) in [6.45, 7) is 2.08. The number of carbonyl (C=O) groups is 2. The van der Waals surface area contributed by atoms with Crippen molar-refractivity contribution in [1.82, 2.24) is 0 Å². The van der Waals surface area contributed by atoms with Gasteiger partial charge >= 0.3 is 93.7 Å². The molecule has 0 aromatic heterocycles. The summed E-state index contributed by atoms with van der Waals surface area (Å²) in [5.74, 6) is -0.456. The molecule has 1 heterocycles. The fourth-order valence-electron chi connectivity index (χ4n) is 1.47. The van der Waals surface area contributed by atoms with Gasteiger partial charge in [-0.05, 0) is 0 Å². The summed E-state index contributed by atoms with van der Waals surface area (Å²) < 4.78 is 5.89. The molecule has 0 N–H and O–H groups in total. The van der Waals surface area contributed by atoms with E-state index < -0.39 is 4.82 Å². The van der Waals surface area contributed by atoms with Crippen molar-refractivity contribution in [2.45, 2.75) is 11.7 Å². The zero-order valence-corrected chi connectivity index (χ0v) is 9.94. The van der Waals surface area contributed by atoms with E-state index in [1.54, 1.807) is 13.0 Å². The van der Waals surface area contributed by atoms with Crippen molar-refractivity contribution in [3.63, 3.8) is 0 Å². The van der Waals surface area contributed by atoms with E-state index in [-0.39, 0.29) is 26.7 Å². The zero-order valence-electron chi connectivity index (χ0n) is 8.23. The standard InChI is InChI=1S/C11H10O3Se/c1-2-14-11(13)10-9(12)7-5-3-4-6-8(7)15-10/h3-6,10H,2H2,1H3. The predicted molar refractivity (Wildman–Crippen MR) is 56.5 cm³/mol. The van der Waals surface area contributed by atoms with E-state index in [0.717, 1.165) is 4.46 Å². The first-order valence-electron chi connectivity index (χ1n) is 4.70. The molecule has 0 saturated carbocycles. The summed E-state index contributed by atoms with van der Waals surface area (Å²) in [5.41, 5.74) is 0.690. The van der Waals surface area contributed by atoms with Gasteiger partial charge < -0.3 is 0 Å². The zero-order chi connectivity index (χ0) is 10.8. The average Bonchev–Trinajstić information content (AvgIpc) is 2.57. The van der Waals surface area contributed by atoms with Crippen molar-refractivity contribution in [3.05, 3.63) is 29.8 Å². The van der Waals surface area contributed by atoms with E-state index in [1.165, 1.54) is 0 Å². The summed E-state index contributed by atoms with van der Waals surface area (Å²) in [6, 6.07) is 7.40. The average molecular weight is 269 g/mol. The molecule has 0 saturated heterocycles. The molecule has 78 valence electrons. The van der Waals surface area contributed by atoms with Crippen molar-refractivity contribution < 1.29 is 14.3 Å². The van der Waals surface area contributed by atoms with Gasteiger partial charge in [0.1, 0.15) is 0 Å². The number of hydrogen-bond acceptors (Lipinski definition) is 3. The first-order valence-corrected chi connectivity index (χ1v) is 6.55. The van der Waals surface area contributed by atoms with Gasteiger partial charge in [-0.15, -0.1) is 0 Å². The van der Waals surface area contributed by atoms with Gasteiger partial charge in [0.05, 0.1) is 0 Å². The van der Waals surface area contributed by atoms with E-state index in [9.17, 15) is 9.59 Å². The molecule has 0 bridgehead atoms. The molecule has 0 spiro atoms. The monoisotopic (exact) mass is 270 g/mol. The molecule has 4 heteroatoms. The third-order valence-corrected chi connectivity index (χ3v) is 4.76. The van der Waals surface area contributed by atoms with Gasteiger partial charge in [-0.25, -0.2) is 0 Å². The van der Waals surface area contributed by atoms with E-state index in [1.807, 2.05) is 18.2 Å². The Kier molecular flexibility index (Phi) is 2.89. The minimum atomic E-state index is -0.560. The number of carbonyl (C=O) groups excluding carboxylic acids is 2. The summed E-state index contributed by atoms with van der Waals surface area (Å²) in [6.07, 6.45) is 0. The van der Waals surface area contributed by atoms with E-state index in [4.69, 9.17) is 4.74 Å². The second-order valence-electron chi connectivity index (χ2n) is 3.11. The number of rotatable bonds is 2. The van der Waals surface area contributed by atoms with Crippen LogP contribution in [-0.2, 0) is 9.53 Å². The van der Waals surface area contributed by atoms with Crippen molar-refractivity contribution >= 4 is 31.2 Å². The summed E-state index contributed by atoms with van der Waals surface area (Å²) >= 11 is -0.111. The van der Waals surface area contributed by atoms with Crippen molar-refractivity contribution in [2.75, 3.05) is 6.61 Å². The van der Waals surface area contributed by atoms with Crippen molar-refractivity contribution in [3.8, 4) is 0 Å². The fraction of sp³-hybridized carbons (Fsp3) is 0.273. The van der Waals surface area contributed by atoms with Gasteiger partial charge in [0.2, 0.25) is 0 Å². The molecule has 0 fully saturated rings. The molecule has 15 heavy (non-hydrogen) atoms. The van der Waals surface area contributed by atoms with Gasteiger partial charge in [-0.3, -0.25) is 0 Å². The van der Waals surface area contributed by atoms with Crippen LogP contribution in [0, 0.1) is 0 Å². The fourth-order valence-corrected chi connectivity index (χ4v) is 3.79. The normalized spacial score (nSPS) is 18.7. The minimum absolute atomic E-state index is 0.0796. The Morgan fingerprint density at radius 3 is 2.87 bits per heavy atom. The third-order valence-electron chi connectivity index (χ3n) is 2.14. The van der Waals surface area contributed by atoms with E-state index in [0.29, 0.717) is 12.2 Å². The van der Waals surface area contributed by atoms with Crippen LogP contribution in [-0.4, -0.2) is 33.3 Å². The molecule has 2 rings (SSSR count). The number of hydrogen-bond donors (Lipinski definition) is 0. The molecule has 1 aromatic rings. The number of esters is 1. The molecular formula is C11H10O3Se. The number of fused-ring (bicyclic) bond motifs is 1. The van der Waals surface area contributed by atoms with Gasteiger partial charge in [0, 0.05) is 0 Å². The van der Waals surface area contributed by atoms with Crippen LogP contribution in [0.1, 0.15) is 17.3 Å². The Labute approximate surface area is 94.0 Å². The second-order valence-corrected chi connectivity index (χ2v) is 5.52. The van der Waals surface area contributed by atoms with Gasteiger partial charge in [0.25, 0.3) is 0 Å². The van der Waals surface area contributed by atoms with Crippen LogP contribution in [0.3, 0.4) is 0 Å². The Morgan fingerprint density at radius 2 is 2.20 bits per heavy atom. The Hall–Kier alpha value is -1.12. The van der Waals surface area contributed by atoms with Crippen LogP contribution in [0.5, 0.6) is 0 Å². The first kappa shape index (κ1) is 10.4. The Morgan fingerprint density at radius 1 is 1.47 bits per heavy atom. The molecule has 1 unspecified atom stereocenters. The van der Waals surface area contributed by atoms with Crippen LogP contribution >= 0.6 is 0 Å². The second kappa shape index (κ2) is 4.17. The maximum absolute atomic E-state index is 11.8. The summed E-state index contributed by atoms with van der Waals surface area (Å²) in [4.78, 5) is 22.8. The third kappa shape index (κ3) is 1.83. The molecule has 1 aliphatic heterocycles. The Bertz CT molecular complexity index is 414. The molecule has 1 atom stereocenters. The van der Waals surface area contributed by atoms with Crippen molar-refractivity contribution in [2.24, 2.45) is 0 Å². The van der Waals surface area contributed by atoms with Crippen LogP contribution in [0.2, 0.25) is 4.82 Å². The van der Waals surface area contributed by atoms with Crippen LogP contribution in [0.25, 0.3) is 0 Å². The molecule has 1 aliphatic rings. The number of ketones is 1. The molecule has 1 aromatic carbocycles. The molecular weight excluding hydrogens is 259 g/mol. The van der Waals surface area contributed by atoms with Crippen molar-refractivity contribution in [1.29, 1.82) is 0 Å². The Balaban J connectivity index is 2.24. The predicted octanol–water partition coefficient (Wildman–Crippen LogP) is 0.564. The SMILES string of the molecule is CCOC(=O)C1[Se]c2ccccc2C1=O. The molecule has 0 radical (unpaired) electrons. The molecule has 0 amide bonds. The summed E-state index contributed by atoms with van der Waals surface area (Å²) in [7, 11) is 0. The number of Topliss-reactive ketones (excluding diaryl/α,β-unsaturated/α-hetero) is 1. The van der Waals surface area contributed by atoms with Gasteiger partial charge in [-0.1, -0.05) is 0 Å². The van der Waals surface area contributed by atoms with Crippen LogP contribution < -0.4 is 4.46 Å². The number of benzene rings is 1. The van der Waals surface area contributed by atoms with Crippen LogP contribution in [0.4, 0.5) is 0 Å². The molecule has 0 aliphatic carbocycles. The van der Waals surface area contributed by atoms with Gasteiger partial charge in [-0.2, -0.15) is 0 Å². The van der Waals surface area contributed by atoms with E-state index >= 15 is 0 Å². The number of ether oxygens (including phenoxy) is 1. The first-order chi connectivity index (χ1) is 7.24. The quantitative estimate of drug-likeness (QED) is 0.448. The molecule has 3 nitrogen and oxygen atoms in total.